The molecule has 1 fully saturated rings. The molecule has 1 unspecified atom stereocenters. The first-order chi connectivity index (χ1) is 7.76. The molecule has 1 N–H and O–H groups in total. The molecule has 1 rings (SSSR count). The predicted molar refractivity (Wildman–Crippen MR) is 63.9 cm³/mol. The normalized spacial score (nSPS) is 25.8. The monoisotopic (exact) mass is 245 g/mol. The zero-order valence-corrected chi connectivity index (χ0v) is 11.2. The molecule has 1 saturated heterocycles. The standard InChI is InChI=1S/C12H23NO4/c1-11(2,3)17-10(15)13-6-8-16-12(4,9-13)5-7-14/h14H,5-9H2,1-4H3. The van der Waals surface area contributed by atoms with Crippen molar-refractivity contribution in [1.82, 2.24) is 4.90 Å². The van der Waals surface area contributed by atoms with Crippen molar-refractivity contribution in [2.24, 2.45) is 0 Å². The van der Waals surface area contributed by atoms with Crippen molar-refractivity contribution >= 4 is 6.09 Å². The van der Waals surface area contributed by atoms with Gasteiger partial charge >= 0.3 is 6.09 Å². The summed E-state index contributed by atoms with van der Waals surface area (Å²) in [5.74, 6) is 0. The predicted octanol–water partition coefficient (Wildman–Crippen LogP) is 1.39. The van der Waals surface area contributed by atoms with Crippen LogP contribution in [0.25, 0.3) is 0 Å². The molecule has 1 atom stereocenters. The molecule has 100 valence electrons. The molecule has 17 heavy (non-hydrogen) atoms. The van der Waals surface area contributed by atoms with Gasteiger partial charge in [0.2, 0.25) is 0 Å². The number of rotatable bonds is 2. The molecule has 5 heteroatoms. The number of aliphatic hydroxyl groups excluding tert-OH is 1. The first-order valence-corrected chi connectivity index (χ1v) is 5.98. The Morgan fingerprint density at radius 3 is 2.71 bits per heavy atom. The van der Waals surface area contributed by atoms with E-state index in [4.69, 9.17) is 14.6 Å². The van der Waals surface area contributed by atoms with Gasteiger partial charge in [-0.25, -0.2) is 4.79 Å². The highest BCUT2D eigenvalue weighted by atomic mass is 16.6. The Kier molecular flexibility index (Phi) is 4.38. The lowest BCUT2D eigenvalue weighted by atomic mass is 10.0. The van der Waals surface area contributed by atoms with Gasteiger partial charge in [-0.2, -0.15) is 0 Å². The lowest BCUT2D eigenvalue weighted by Crippen LogP contribution is -2.53. The van der Waals surface area contributed by atoms with Gasteiger partial charge in [0.1, 0.15) is 5.60 Å². The van der Waals surface area contributed by atoms with Gasteiger partial charge in [-0.15, -0.1) is 0 Å². The SMILES string of the molecule is CC(C)(C)OC(=O)N1CCOC(C)(CCO)C1. The van der Waals surface area contributed by atoms with Crippen LogP contribution in [0.5, 0.6) is 0 Å². The van der Waals surface area contributed by atoms with Crippen molar-refractivity contribution in [3.05, 3.63) is 0 Å². The molecule has 0 saturated carbocycles. The Hall–Kier alpha value is -0.810. The Morgan fingerprint density at radius 2 is 2.18 bits per heavy atom. The van der Waals surface area contributed by atoms with Crippen molar-refractivity contribution in [2.75, 3.05) is 26.3 Å². The van der Waals surface area contributed by atoms with Gasteiger partial charge in [0.15, 0.2) is 0 Å². The van der Waals surface area contributed by atoms with Gasteiger partial charge in [0, 0.05) is 19.6 Å². The van der Waals surface area contributed by atoms with Gasteiger partial charge in [0.25, 0.3) is 0 Å². The second kappa shape index (κ2) is 5.23. The van der Waals surface area contributed by atoms with E-state index in [1.165, 1.54) is 0 Å². The molecule has 0 aromatic carbocycles. The molecule has 0 spiro atoms. The number of carbonyl (C=O) groups excluding carboxylic acids is 1. The van der Waals surface area contributed by atoms with Crippen LogP contribution in [0.3, 0.4) is 0 Å². The summed E-state index contributed by atoms with van der Waals surface area (Å²) in [6.45, 7) is 8.97. The van der Waals surface area contributed by atoms with Crippen molar-refractivity contribution < 1.29 is 19.4 Å². The molecule has 1 aliphatic rings. The minimum absolute atomic E-state index is 0.0542. The Morgan fingerprint density at radius 1 is 1.53 bits per heavy atom. The van der Waals surface area contributed by atoms with Gasteiger partial charge < -0.3 is 19.5 Å². The van der Waals surface area contributed by atoms with Crippen molar-refractivity contribution in [2.45, 2.75) is 45.3 Å². The lowest BCUT2D eigenvalue weighted by Gasteiger charge is -2.40. The highest BCUT2D eigenvalue weighted by Gasteiger charge is 2.35. The largest absolute Gasteiger partial charge is 0.444 e. The number of nitrogens with zero attached hydrogens (tertiary/aromatic N) is 1. The van der Waals surface area contributed by atoms with Crippen molar-refractivity contribution in [3.63, 3.8) is 0 Å². The van der Waals surface area contributed by atoms with E-state index in [9.17, 15) is 4.79 Å². The van der Waals surface area contributed by atoms with Gasteiger partial charge in [0.05, 0.1) is 18.8 Å². The third-order valence-corrected chi connectivity index (χ3v) is 2.63. The molecule has 0 radical (unpaired) electrons. The summed E-state index contributed by atoms with van der Waals surface area (Å²) in [6.07, 6.45) is 0.205. The average molecular weight is 245 g/mol. The maximum atomic E-state index is 11.9. The Balaban J connectivity index is 2.57. The summed E-state index contributed by atoms with van der Waals surface area (Å²) < 4.78 is 10.9. The molecular weight excluding hydrogens is 222 g/mol. The van der Waals surface area contributed by atoms with E-state index in [0.29, 0.717) is 26.1 Å². The first kappa shape index (κ1) is 14.3. The molecule has 1 heterocycles. The molecule has 5 nitrogen and oxygen atoms in total. The zero-order valence-electron chi connectivity index (χ0n) is 11.2. The number of morpholine rings is 1. The van der Waals surface area contributed by atoms with Crippen LogP contribution in [0.2, 0.25) is 0 Å². The van der Waals surface area contributed by atoms with E-state index < -0.39 is 11.2 Å². The fraction of sp³-hybridized carbons (Fsp3) is 0.917. The number of ether oxygens (including phenoxy) is 2. The summed E-state index contributed by atoms with van der Waals surface area (Å²) in [4.78, 5) is 13.5. The number of carbonyl (C=O) groups is 1. The summed E-state index contributed by atoms with van der Waals surface area (Å²) in [5, 5.41) is 8.98. The van der Waals surface area contributed by atoms with E-state index in [0.717, 1.165) is 0 Å². The van der Waals surface area contributed by atoms with Crippen molar-refractivity contribution in [1.29, 1.82) is 0 Å². The average Bonchev–Trinajstić information content (AvgIpc) is 2.14. The maximum Gasteiger partial charge on any atom is 0.410 e. The number of amides is 1. The lowest BCUT2D eigenvalue weighted by molar-refractivity contribution is -0.107. The summed E-state index contributed by atoms with van der Waals surface area (Å²) in [5.41, 5.74) is -0.952. The zero-order chi connectivity index (χ0) is 13.1. The third-order valence-electron chi connectivity index (χ3n) is 2.63. The second-order valence-corrected chi connectivity index (χ2v) is 5.67. The number of aliphatic hydroxyl groups is 1. The highest BCUT2D eigenvalue weighted by Crippen LogP contribution is 2.22. The van der Waals surface area contributed by atoms with Crippen LogP contribution < -0.4 is 0 Å². The van der Waals surface area contributed by atoms with Crippen LogP contribution in [-0.2, 0) is 9.47 Å². The number of hydrogen-bond donors (Lipinski definition) is 1. The molecule has 0 aromatic rings. The fourth-order valence-electron chi connectivity index (χ4n) is 1.80. The molecule has 0 aliphatic carbocycles. The van der Waals surface area contributed by atoms with Crippen LogP contribution in [-0.4, -0.2) is 53.6 Å². The second-order valence-electron chi connectivity index (χ2n) is 5.67. The minimum atomic E-state index is -0.483. The molecule has 1 aliphatic heterocycles. The van der Waals surface area contributed by atoms with E-state index in [1.807, 2.05) is 27.7 Å². The minimum Gasteiger partial charge on any atom is -0.444 e. The smallest absolute Gasteiger partial charge is 0.410 e. The molecular formula is C12H23NO4. The summed E-state index contributed by atoms with van der Waals surface area (Å²) in [6, 6.07) is 0. The third kappa shape index (κ3) is 4.52. The molecule has 0 bridgehead atoms. The van der Waals surface area contributed by atoms with Crippen molar-refractivity contribution in [3.8, 4) is 0 Å². The highest BCUT2D eigenvalue weighted by molar-refractivity contribution is 5.68. The Labute approximate surface area is 103 Å². The van der Waals surface area contributed by atoms with E-state index in [-0.39, 0.29) is 12.7 Å². The maximum absolute atomic E-state index is 11.9. The van der Waals surface area contributed by atoms with Crippen LogP contribution in [0, 0.1) is 0 Å². The van der Waals surface area contributed by atoms with Gasteiger partial charge in [-0.3, -0.25) is 0 Å². The van der Waals surface area contributed by atoms with Gasteiger partial charge in [-0.1, -0.05) is 0 Å². The molecule has 1 amide bonds. The fourth-order valence-corrected chi connectivity index (χ4v) is 1.80. The van der Waals surface area contributed by atoms with E-state index in [2.05, 4.69) is 0 Å². The van der Waals surface area contributed by atoms with Crippen LogP contribution in [0.15, 0.2) is 0 Å². The van der Waals surface area contributed by atoms with E-state index >= 15 is 0 Å². The number of hydrogen-bond acceptors (Lipinski definition) is 4. The topological polar surface area (TPSA) is 59.0 Å². The summed E-state index contributed by atoms with van der Waals surface area (Å²) in [7, 11) is 0. The summed E-state index contributed by atoms with van der Waals surface area (Å²) >= 11 is 0. The quantitative estimate of drug-likeness (QED) is 0.798. The van der Waals surface area contributed by atoms with E-state index in [1.54, 1.807) is 4.90 Å². The van der Waals surface area contributed by atoms with Crippen LogP contribution in [0.4, 0.5) is 4.79 Å². The van der Waals surface area contributed by atoms with Gasteiger partial charge in [-0.05, 0) is 27.7 Å². The Bertz CT molecular complexity index is 270. The first-order valence-electron chi connectivity index (χ1n) is 5.98. The molecule has 0 aromatic heterocycles. The van der Waals surface area contributed by atoms with Crippen LogP contribution in [0.1, 0.15) is 34.1 Å². The van der Waals surface area contributed by atoms with Crippen LogP contribution >= 0.6 is 0 Å².